The number of anilines is 1. The average Bonchev–Trinajstić information content (AvgIpc) is 1.54. The maximum absolute atomic E-state index is 13.0. The van der Waals surface area contributed by atoms with Crippen LogP contribution in [0, 0.1) is 0 Å². The van der Waals surface area contributed by atoms with Gasteiger partial charge in [0, 0.05) is 85.9 Å². The van der Waals surface area contributed by atoms with Gasteiger partial charge in [0.15, 0.2) is 12.3 Å². The van der Waals surface area contributed by atoms with Gasteiger partial charge in [-0.2, -0.15) is 4.58 Å². The molecule has 3 aliphatic heterocycles. The maximum Gasteiger partial charge on any atom is 0.335 e. The van der Waals surface area contributed by atoms with E-state index in [1.165, 1.54) is 25.3 Å². The monoisotopic (exact) mass is 1560 g/mol. The number of allylic oxidation sites excluding steroid dienone is 6. The van der Waals surface area contributed by atoms with Gasteiger partial charge in [-0.3, -0.25) is 9.59 Å². The largest absolute Gasteiger partial charge is 0.748 e. The number of hydrogen-bond donors (Lipinski definition) is 0. The molecule has 2 unspecified atom stereocenters. The van der Waals surface area contributed by atoms with Gasteiger partial charge in [-0.1, -0.05) is 31.7 Å². The Morgan fingerprint density at radius 1 is 0.510 bits per heavy atom. The summed E-state index contributed by atoms with van der Waals surface area (Å²) in [5.74, 6) is -2.76. The van der Waals surface area contributed by atoms with Crippen LogP contribution in [0.2, 0.25) is 0 Å². The third-order valence-corrected chi connectivity index (χ3v) is 21.0. The van der Waals surface area contributed by atoms with Crippen molar-refractivity contribution in [2.45, 2.75) is 90.2 Å². The summed E-state index contributed by atoms with van der Waals surface area (Å²) in [5.41, 5.74) is -0.564. The van der Waals surface area contributed by atoms with Gasteiger partial charge in [0.05, 0.1) is 160 Å². The normalized spacial score (nSPS) is 17.8. The number of carbonyl (C=O) groups is 3. The van der Waals surface area contributed by atoms with Crippen molar-refractivity contribution in [1.29, 1.82) is 0 Å². The Morgan fingerprint density at radius 3 is 1.43 bits per heavy atom. The first-order valence-electron chi connectivity index (χ1n) is 32.5. The molecule has 2 amide bonds. The van der Waals surface area contributed by atoms with E-state index in [-0.39, 0.29) is 205 Å². The van der Waals surface area contributed by atoms with Crippen LogP contribution in [0.5, 0.6) is 0 Å². The van der Waals surface area contributed by atoms with E-state index in [4.69, 9.17) is 56.9 Å². The van der Waals surface area contributed by atoms with Crippen LogP contribution in [0.4, 0.5) is 11.4 Å². The average molecular weight is 1560 g/mol. The van der Waals surface area contributed by atoms with Gasteiger partial charge in [-0.25, -0.2) is 46.9 Å². The van der Waals surface area contributed by atoms with Gasteiger partial charge in [0.2, 0.25) is 5.69 Å². The van der Waals surface area contributed by atoms with Crippen molar-refractivity contribution in [2.75, 3.05) is 170 Å². The molecule has 0 N–H and O–H groups in total. The third-order valence-electron chi connectivity index (χ3n) is 16.8. The van der Waals surface area contributed by atoms with E-state index in [9.17, 15) is 79.2 Å². The Balaban J connectivity index is 0.0000170. The molecule has 2 atom stereocenters. The van der Waals surface area contributed by atoms with Crippen molar-refractivity contribution in [3.05, 3.63) is 95.7 Å². The quantitative estimate of drug-likeness (QED) is 0.0201. The molecule has 3 heterocycles. The van der Waals surface area contributed by atoms with Crippen molar-refractivity contribution in [2.24, 2.45) is 0 Å². The first kappa shape index (κ1) is 86.7. The number of rotatable bonds is 48. The highest BCUT2D eigenvalue weighted by Gasteiger charge is 2.49. The van der Waals surface area contributed by atoms with Crippen molar-refractivity contribution in [1.82, 2.24) is 5.06 Å². The van der Waals surface area contributed by atoms with Gasteiger partial charge >= 0.3 is 5.97 Å². The number of methoxy groups -OCH3 is 2. The van der Waals surface area contributed by atoms with Crippen LogP contribution in [0.1, 0.15) is 70.9 Å². The van der Waals surface area contributed by atoms with Gasteiger partial charge in [-0.15, -0.1) is 5.06 Å². The number of hydroxylamine groups is 2. The molecule has 3 aliphatic rings. The molecule has 0 spiro atoms. The first-order valence-corrected chi connectivity index (χ1v) is 39.7. The summed E-state index contributed by atoms with van der Waals surface area (Å²) in [5, 5.41) is -0.111. The highest BCUT2D eigenvalue weighted by molar-refractivity contribution is 7.87. The second-order valence-electron chi connectivity index (χ2n) is 23.8. The number of carbonyl (C=O) groups excluding carboxylic acids is 3. The summed E-state index contributed by atoms with van der Waals surface area (Å²) in [6, 6.07) is 8.62. The fourth-order valence-electron chi connectivity index (χ4n) is 12.1. The standard InChI is InChI=1S/C65H87N3O30S5.CH4/c1-64(18-8-42-99(72,73)74)57(66(20-24-87-3)53-13-11-49-51(62(53)64)43-47(100(75,76)77)45-55(49)102(81,82)83)9-6-5-7-10-58-65(2,19-23-90-29-32-94-35-34-92-27-26-88-4)63-52-44-48(101(78,79)80)46-56(103(84,85)86)50(52)12-14-54(63)67(58)21-25-91-30-33-95-37-39-97-41-40-96-38-36-93-31-28-89-22-17-61(71)98-68-59(69)15-16-60(68)70;/h5-7,9-14,43-46H,8,15-42H2,1-4H3,(H4-,72,73,74,75,76,77,78,79,80,81,82,83,84,85,86);1H4/p-4. The van der Waals surface area contributed by atoms with E-state index in [0.29, 0.717) is 58.8 Å². The molecule has 0 aromatic heterocycles. The van der Waals surface area contributed by atoms with E-state index >= 15 is 0 Å². The van der Waals surface area contributed by atoms with E-state index in [2.05, 4.69) is 0 Å². The van der Waals surface area contributed by atoms with Crippen LogP contribution in [0.15, 0.2) is 104 Å². The molecule has 0 aliphatic carbocycles. The number of benzene rings is 4. The molecule has 4 aromatic rings. The highest BCUT2D eigenvalue weighted by atomic mass is 32.2. The Kier molecular flexibility index (Phi) is 33.0. The Hall–Kier alpha value is -6.19. The van der Waals surface area contributed by atoms with Crippen molar-refractivity contribution in [3.63, 3.8) is 0 Å². The summed E-state index contributed by atoms with van der Waals surface area (Å²) in [6.07, 6.45) is 7.66. The summed E-state index contributed by atoms with van der Waals surface area (Å²) >= 11 is 0. The smallest absolute Gasteiger partial charge is 0.335 e. The summed E-state index contributed by atoms with van der Waals surface area (Å²) in [6.45, 7) is 7.26. The van der Waals surface area contributed by atoms with E-state index in [1.54, 1.807) is 62.0 Å². The van der Waals surface area contributed by atoms with Gasteiger partial charge in [0.25, 0.3) is 11.8 Å². The number of nitrogens with zero attached hydrogens (tertiary/aromatic N) is 3. The molecule has 104 heavy (non-hydrogen) atoms. The van der Waals surface area contributed by atoms with Crippen LogP contribution in [-0.4, -0.2) is 263 Å². The fourth-order valence-corrected chi connectivity index (χ4v) is 15.2. The lowest BCUT2D eigenvalue weighted by Crippen LogP contribution is -2.32. The van der Waals surface area contributed by atoms with Crippen molar-refractivity contribution >= 4 is 107 Å². The molecule has 580 valence electrons. The van der Waals surface area contributed by atoms with Gasteiger partial charge < -0.3 is 84.6 Å². The Morgan fingerprint density at radius 2 is 0.962 bits per heavy atom. The van der Waals surface area contributed by atoms with Crippen LogP contribution in [-0.2, 0) is 133 Å². The molecule has 0 saturated carbocycles. The zero-order valence-corrected chi connectivity index (χ0v) is 61.2. The number of imide groups is 1. The fraction of sp³-hybridized carbons (Fsp3) is 0.545. The molecule has 4 aromatic carbocycles. The first-order chi connectivity index (χ1) is 48.8. The van der Waals surface area contributed by atoms with E-state index in [0.717, 1.165) is 12.1 Å². The minimum Gasteiger partial charge on any atom is -0.748 e. The zero-order chi connectivity index (χ0) is 75.2. The lowest BCUT2D eigenvalue weighted by molar-refractivity contribution is -0.441. The van der Waals surface area contributed by atoms with E-state index in [1.807, 2.05) is 4.90 Å². The number of hydrogen-bond acceptors (Lipinski definition) is 31. The minimum atomic E-state index is -5.44. The lowest BCUT2D eigenvalue weighted by atomic mass is 9.74. The molecule has 0 bridgehead atoms. The van der Waals surface area contributed by atoms with Crippen molar-refractivity contribution in [3.8, 4) is 0 Å². The predicted octanol–water partition coefficient (Wildman–Crippen LogP) is 3.53. The van der Waals surface area contributed by atoms with Gasteiger partial charge in [-0.05, 0) is 97.3 Å². The minimum absolute atomic E-state index is 0. The number of ether oxygens (including phenoxy) is 11. The topological polar surface area (TPSA) is 457 Å². The SMILES string of the molecule is C.COCCOCCOCCOCCC1(C)\C(=C/C=C/C=C/C2=[N+](CCOC)c3ccc4c(S(=O)(=O)[O-])cc(S(=O)(=O)[O-])cc4c3C2(C)CCCS(=O)(=O)[O-])N(CCOCCOCCOCCOCCOCCOCCC(=O)ON2C(=O)CCC2=O)c2ccc3c(S(=O)(=O)[O-])cc(S(=O)(=O)[O-])cc3c21. The summed E-state index contributed by atoms with van der Waals surface area (Å²) < 4.78 is 253. The second-order valence-corrected chi connectivity index (χ2v) is 30.8. The summed E-state index contributed by atoms with van der Waals surface area (Å²) in [4.78, 5) is 37.7. The Bertz CT molecular complexity index is 4360. The molecule has 7 rings (SSSR count). The second kappa shape index (κ2) is 39.6. The van der Waals surface area contributed by atoms with Crippen molar-refractivity contribution < 1.29 is 141 Å². The zero-order valence-electron chi connectivity index (χ0n) is 57.1. The van der Waals surface area contributed by atoms with Gasteiger partial charge in [0.1, 0.15) is 47.1 Å². The molecule has 33 nitrogen and oxygen atoms in total. The molecule has 1 saturated heterocycles. The third kappa shape index (κ3) is 23.9. The van der Waals surface area contributed by atoms with Crippen LogP contribution < -0.4 is 4.90 Å². The maximum atomic E-state index is 13.0. The molecule has 1 fully saturated rings. The molecule has 0 radical (unpaired) electrons. The molecular weight excluding hydrogens is 1480 g/mol. The summed E-state index contributed by atoms with van der Waals surface area (Å²) in [7, 11) is -23.5. The molecular formula is C66H87N3O30S5-4. The van der Waals surface area contributed by atoms with Crippen LogP contribution >= 0.6 is 0 Å². The Labute approximate surface area is 605 Å². The lowest BCUT2D eigenvalue weighted by Gasteiger charge is -2.31. The number of fused-ring (bicyclic) bond motifs is 6. The molecule has 38 heteroatoms. The van der Waals surface area contributed by atoms with Crippen LogP contribution in [0.3, 0.4) is 0 Å². The van der Waals surface area contributed by atoms with E-state index < -0.39 is 105 Å². The highest BCUT2D eigenvalue weighted by Crippen LogP contribution is 2.54. The van der Waals surface area contributed by atoms with Crippen LogP contribution in [0.25, 0.3) is 21.5 Å². The number of amides is 2. The predicted molar refractivity (Wildman–Crippen MR) is 366 cm³/mol.